The van der Waals surface area contributed by atoms with E-state index in [-0.39, 0.29) is 12.2 Å². The van der Waals surface area contributed by atoms with Gasteiger partial charge in [-0.2, -0.15) is 0 Å². The average Bonchev–Trinajstić information content (AvgIpc) is 3.06. The standard InChI is InChI=1S/C23H18Cl2N2O3S/c1-3-30-22(29)19-13(2)27-21(28)18(11-15-9-10-16(24)12-17(15)25)31-23(27)26-20(19)14-7-5-4-6-8-14/h4-12,20H,3H2,1-2H3/b18-11-/t20-/m1/s1. The van der Waals surface area contributed by atoms with Crippen molar-refractivity contribution < 1.29 is 9.53 Å². The lowest BCUT2D eigenvalue weighted by molar-refractivity contribution is -0.138. The zero-order valence-electron chi connectivity index (χ0n) is 16.8. The molecule has 0 N–H and O–H groups in total. The van der Waals surface area contributed by atoms with Crippen molar-refractivity contribution in [3.63, 3.8) is 0 Å². The first kappa shape index (κ1) is 21.6. The molecule has 158 valence electrons. The number of halogens is 2. The number of carbonyl (C=O) groups excluding carboxylic acids is 1. The first-order valence-electron chi connectivity index (χ1n) is 9.60. The summed E-state index contributed by atoms with van der Waals surface area (Å²) in [7, 11) is 0. The molecular weight excluding hydrogens is 455 g/mol. The summed E-state index contributed by atoms with van der Waals surface area (Å²) in [5.41, 5.74) is 2.13. The fourth-order valence-corrected chi connectivity index (χ4v) is 4.95. The van der Waals surface area contributed by atoms with Gasteiger partial charge in [-0.15, -0.1) is 0 Å². The maximum atomic E-state index is 13.2. The van der Waals surface area contributed by atoms with Crippen molar-refractivity contribution in [1.29, 1.82) is 0 Å². The molecule has 0 fully saturated rings. The highest BCUT2D eigenvalue weighted by Gasteiger charge is 2.31. The molecule has 31 heavy (non-hydrogen) atoms. The van der Waals surface area contributed by atoms with Gasteiger partial charge < -0.3 is 4.74 Å². The van der Waals surface area contributed by atoms with E-state index in [0.717, 1.165) is 5.56 Å². The number of hydrogen-bond donors (Lipinski definition) is 0. The Balaban J connectivity index is 1.95. The Kier molecular flexibility index (Phi) is 6.14. The maximum absolute atomic E-state index is 13.2. The zero-order chi connectivity index (χ0) is 22.1. The van der Waals surface area contributed by atoms with Crippen LogP contribution in [-0.4, -0.2) is 17.1 Å². The Bertz CT molecular complexity index is 1370. The number of hydrogen-bond acceptors (Lipinski definition) is 5. The number of nitrogens with zero attached hydrogens (tertiary/aromatic N) is 2. The lowest BCUT2D eigenvalue weighted by atomic mass is 9.97. The molecule has 0 radical (unpaired) electrons. The van der Waals surface area contributed by atoms with Crippen molar-refractivity contribution in [2.75, 3.05) is 6.61 Å². The van der Waals surface area contributed by atoms with Gasteiger partial charge in [-0.05, 0) is 43.2 Å². The zero-order valence-corrected chi connectivity index (χ0v) is 19.1. The fourth-order valence-electron chi connectivity index (χ4n) is 3.45. The summed E-state index contributed by atoms with van der Waals surface area (Å²) in [4.78, 5) is 31.3. The molecule has 0 saturated carbocycles. The molecule has 1 atom stereocenters. The minimum Gasteiger partial charge on any atom is -0.463 e. The predicted molar refractivity (Wildman–Crippen MR) is 124 cm³/mol. The van der Waals surface area contributed by atoms with Gasteiger partial charge in [-0.3, -0.25) is 9.36 Å². The van der Waals surface area contributed by atoms with Crippen LogP contribution < -0.4 is 14.9 Å². The summed E-state index contributed by atoms with van der Waals surface area (Å²) in [5.74, 6) is -0.479. The molecular formula is C23H18Cl2N2O3S. The van der Waals surface area contributed by atoms with Crippen LogP contribution in [0.25, 0.3) is 11.8 Å². The summed E-state index contributed by atoms with van der Waals surface area (Å²) < 4.78 is 7.20. The second-order valence-electron chi connectivity index (χ2n) is 6.86. The minimum atomic E-state index is -0.551. The molecule has 8 heteroatoms. The largest absolute Gasteiger partial charge is 0.463 e. The van der Waals surface area contributed by atoms with E-state index in [1.807, 2.05) is 30.3 Å². The maximum Gasteiger partial charge on any atom is 0.338 e. The van der Waals surface area contributed by atoms with Gasteiger partial charge in [-0.25, -0.2) is 9.79 Å². The highest BCUT2D eigenvalue weighted by atomic mass is 35.5. The summed E-state index contributed by atoms with van der Waals surface area (Å²) in [6.45, 7) is 3.72. The van der Waals surface area contributed by atoms with E-state index < -0.39 is 12.0 Å². The summed E-state index contributed by atoms with van der Waals surface area (Å²) >= 11 is 13.5. The van der Waals surface area contributed by atoms with Gasteiger partial charge >= 0.3 is 5.97 Å². The van der Waals surface area contributed by atoms with Crippen LogP contribution in [0.5, 0.6) is 0 Å². The van der Waals surface area contributed by atoms with E-state index in [4.69, 9.17) is 32.9 Å². The van der Waals surface area contributed by atoms with Gasteiger partial charge in [0.05, 0.1) is 16.7 Å². The van der Waals surface area contributed by atoms with Crippen molar-refractivity contribution in [1.82, 2.24) is 4.57 Å². The molecule has 0 bridgehead atoms. The lowest BCUT2D eigenvalue weighted by Crippen LogP contribution is -2.35. The lowest BCUT2D eigenvalue weighted by Gasteiger charge is -2.22. The van der Waals surface area contributed by atoms with Crippen LogP contribution in [0.1, 0.15) is 31.0 Å². The van der Waals surface area contributed by atoms with Crippen LogP contribution in [0.4, 0.5) is 0 Å². The van der Waals surface area contributed by atoms with Gasteiger partial charge in [0.1, 0.15) is 6.04 Å². The van der Waals surface area contributed by atoms with Crippen molar-refractivity contribution in [3.8, 4) is 0 Å². The summed E-state index contributed by atoms with van der Waals surface area (Å²) in [6, 6.07) is 14.0. The fraction of sp³-hybridized carbons (Fsp3) is 0.174. The molecule has 0 spiro atoms. The van der Waals surface area contributed by atoms with Crippen LogP contribution >= 0.6 is 34.5 Å². The Labute approximate surface area is 192 Å². The number of ether oxygens (including phenoxy) is 1. The van der Waals surface area contributed by atoms with Gasteiger partial charge in [0.15, 0.2) is 4.80 Å². The van der Waals surface area contributed by atoms with Crippen LogP contribution in [-0.2, 0) is 9.53 Å². The number of fused-ring (bicyclic) bond motifs is 1. The Hall–Kier alpha value is -2.67. The molecule has 2 heterocycles. The second kappa shape index (κ2) is 8.83. The normalized spacial score (nSPS) is 16.1. The van der Waals surface area contributed by atoms with E-state index in [0.29, 0.717) is 36.2 Å². The average molecular weight is 473 g/mol. The minimum absolute atomic E-state index is 0.233. The first-order valence-corrected chi connectivity index (χ1v) is 11.2. The van der Waals surface area contributed by atoms with Crippen LogP contribution in [0.3, 0.4) is 0 Å². The van der Waals surface area contributed by atoms with Gasteiger partial charge in [0, 0.05) is 15.7 Å². The summed E-state index contributed by atoms with van der Waals surface area (Å²) in [6.07, 6.45) is 1.71. The molecule has 1 aliphatic heterocycles. The van der Waals surface area contributed by atoms with E-state index in [9.17, 15) is 9.59 Å². The van der Waals surface area contributed by atoms with E-state index in [1.54, 1.807) is 38.1 Å². The third kappa shape index (κ3) is 4.11. The smallest absolute Gasteiger partial charge is 0.338 e. The Morgan fingerprint density at radius 3 is 2.65 bits per heavy atom. The first-order chi connectivity index (χ1) is 14.9. The Morgan fingerprint density at radius 2 is 1.97 bits per heavy atom. The van der Waals surface area contributed by atoms with Crippen LogP contribution in [0.2, 0.25) is 10.0 Å². The molecule has 1 aliphatic rings. The SMILES string of the molecule is CCOC(=O)C1=C(C)n2c(s/c(=C\c3ccc(Cl)cc3Cl)c2=O)=N[C@@H]1c1ccccc1. The van der Waals surface area contributed by atoms with Crippen molar-refractivity contribution in [3.05, 3.63) is 95.0 Å². The number of carbonyl (C=O) groups is 1. The number of esters is 1. The van der Waals surface area contributed by atoms with E-state index in [1.165, 1.54) is 15.9 Å². The van der Waals surface area contributed by atoms with E-state index in [2.05, 4.69) is 0 Å². The van der Waals surface area contributed by atoms with Crippen molar-refractivity contribution in [2.45, 2.75) is 19.9 Å². The summed E-state index contributed by atoms with van der Waals surface area (Å²) in [5, 5.41) is 0.963. The highest BCUT2D eigenvalue weighted by Crippen LogP contribution is 2.32. The molecule has 0 unspecified atom stereocenters. The topological polar surface area (TPSA) is 60.7 Å². The van der Waals surface area contributed by atoms with Crippen LogP contribution in [0.15, 0.2) is 63.9 Å². The molecule has 0 saturated heterocycles. The number of allylic oxidation sites excluding steroid dienone is 1. The second-order valence-corrected chi connectivity index (χ2v) is 8.71. The molecule has 5 nitrogen and oxygen atoms in total. The number of aromatic nitrogens is 1. The Morgan fingerprint density at radius 1 is 1.23 bits per heavy atom. The quantitative estimate of drug-likeness (QED) is 0.534. The molecule has 4 rings (SSSR count). The molecule has 1 aromatic heterocycles. The van der Waals surface area contributed by atoms with Crippen LogP contribution in [0, 0.1) is 0 Å². The molecule has 2 aromatic carbocycles. The van der Waals surface area contributed by atoms with Gasteiger partial charge in [0.25, 0.3) is 5.56 Å². The molecule has 0 aliphatic carbocycles. The van der Waals surface area contributed by atoms with E-state index >= 15 is 0 Å². The number of rotatable bonds is 4. The van der Waals surface area contributed by atoms with Crippen molar-refractivity contribution >= 4 is 52.3 Å². The molecule has 0 amide bonds. The van der Waals surface area contributed by atoms with Gasteiger partial charge in [-0.1, -0.05) is 70.9 Å². The molecule has 3 aromatic rings. The van der Waals surface area contributed by atoms with Gasteiger partial charge in [0.2, 0.25) is 0 Å². The number of thiazole rings is 1. The predicted octanol–water partition coefficient (Wildman–Crippen LogP) is 4.21. The third-order valence-corrected chi connectivity index (χ3v) is 6.45. The van der Waals surface area contributed by atoms with Crippen molar-refractivity contribution in [2.24, 2.45) is 4.99 Å². The monoisotopic (exact) mass is 472 g/mol. The number of benzene rings is 2. The highest BCUT2D eigenvalue weighted by molar-refractivity contribution is 7.07. The third-order valence-electron chi connectivity index (χ3n) is 4.90.